The number of halogens is 5. The van der Waals surface area contributed by atoms with E-state index < -0.39 is 15.1 Å². The van der Waals surface area contributed by atoms with Gasteiger partial charge in [0.2, 0.25) is 0 Å². The quantitative estimate of drug-likeness (QED) is 0.441. The number of hydrogen-bond donors (Lipinski definition) is 0. The van der Waals surface area contributed by atoms with E-state index in [-0.39, 0.29) is 11.6 Å². The number of nitrogens with zero attached hydrogens (tertiary/aromatic N) is 3. The molecule has 3 aromatic rings. The number of pyridine rings is 1. The van der Waals surface area contributed by atoms with E-state index >= 15 is 0 Å². The van der Waals surface area contributed by atoms with Crippen molar-refractivity contribution in [1.29, 1.82) is 0 Å². The summed E-state index contributed by atoms with van der Waals surface area (Å²) in [5.41, 5.74) is 2.35. The van der Waals surface area contributed by atoms with Crippen LogP contribution in [0, 0.1) is 0 Å². The van der Waals surface area contributed by atoms with E-state index in [0.29, 0.717) is 17.8 Å². The molecule has 27 heavy (non-hydrogen) atoms. The summed E-state index contributed by atoms with van der Waals surface area (Å²) in [6, 6.07) is 4.56. The standard InChI is InChI=1S/C18H16F5N3S/c1-2-12-10-11-24-18-16(12)17(13-4-3-5-13)25-26(18)14-6-8-15(9-7-14)27(19,20,21,22)23/h2,6-11,13H,1,3-5H2. The van der Waals surface area contributed by atoms with Crippen molar-refractivity contribution in [2.24, 2.45) is 0 Å². The van der Waals surface area contributed by atoms with Gasteiger partial charge in [-0.2, -0.15) is 5.10 Å². The predicted molar refractivity (Wildman–Crippen MR) is 96.9 cm³/mol. The maximum absolute atomic E-state index is 13.0. The summed E-state index contributed by atoms with van der Waals surface area (Å²) in [7, 11) is -9.70. The van der Waals surface area contributed by atoms with Gasteiger partial charge in [0.1, 0.15) is 4.90 Å². The molecule has 2 aromatic heterocycles. The minimum absolute atomic E-state index is 0.241. The Hall–Kier alpha value is -2.42. The largest absolute Gasteiger partial charge is 0.310 e. The highest BCUT2D eigenvalue weighted by atomic mass is 32.5. The van der Waals surface area contributed by atoms with Crippen molar-refractivity contribution in [3.8, 4) is 5.69 Å². The number of fused-ring (bicyclic) bond motifs is 1. The molecule has 1 saturated carbocycles. The van der Waals surface area contributed by atoms with Crippen molar-refractivity contribution < 1.29 is 19.4 Å². The van der Waals surface area contributed by atoms with E-state index in [0.717, 1.165) is 48.0 Å². The van der Waals surface area contributed by atoms with Gasteiger partial charge in [-0.3, -0.25) is 0 Å². The molecule has 2 heterocycles. The molecule has 0 N–H and O–H groups in total. The first-order chi connectivity index (χ1) is 12.5. The fourth-order valence-electron chi connectivity index (χ4n) is 3.26. The third-order valence-electron chi connectivity index (χ3n) is 4.87. The third-order valence-corrected chi connectivity index (χ3v) is 6.03. The van der Waals surface area contributed by atoms with Gasteiger partial charge in [-0.15, -0.1) is 0 Å². The van der Waals surface area contributed by atoms with E-state index in [1.165, 1.54) is 4.68 Å². The number of rotatable bonds is 4. The molecule has 0 atom stereocenters. The average molecular weight is 401 g/mol. The molecule has 144 valence electrons. The monoisotopic (exact) mass is 401 g/mol. The molecule has 0 radical (unpaired) electrons. The lowest BCUT2D eigenvalue weighted by molar-refractivity contribution is 0.364. The second-order valence-electron chi connectivity index (χ2n) is 6.69. The van der Waals surface area contributed by atoms with E-state index in [9.17, 15) is 19.4 Å². The Morgan fingerprint density at radius 1 is 1.04 bits per heavy atom. The van der Waals surface area contributed by atoms with Crippen LogP contribution in [0.1, 0.15) is 36.4 Å². The van der Waals surface area contributed by atoms with Gasteiger partial charge >= 0.3 is 10.2 Å². The lowest BCUT2D eigenvalue weighted by atomic mass is 9.81. The maximum Gasteiger partial charge on any atom is 0.310 e. The lowest BCUT2D eigenvalue weighted by Gasteiger charge is -2.40. The van der Waals surface area contributed by atoms with Gasteiger partial charge in [0.25, 0.3) is 0 Å². The average Bonchev–Trinajstić information content (AvgIpc) is 2.91. The van der Waals surface area contributed by atoms with E-state index in [1.807, 2.05) is 0 Å². The Morgan fingerprint density at radius 3 is 2.22 bits per heavy atom. The van der Waals surface area contributed by atoms with Gasteiger partial charge in [-0.1, -0.05) is 38.5 Å². The molecule has 0 saturated heterocycles. The third kappa shape index (κ3) is 3.09. The summed E-state index contributed by atoms with van der Waals surface area (Å²) < 4.78 is 66.2. The summed E-state index contributed by atoms with van der Waals surface area (Å²) in [5, 5.41) is 5.36. The fourth-order valence-corrected chi connectivity index (χ4v) is 3.91. The number of benzene rings is 1. The van der Waals surface area contributed by atoms with Gasteiger partial charge < -0.3 is 0 Å². The van der Waals surface area contributed by atoms with E-state index in [2.05, 4.69) is 16.7 Å². The molecular formula is C18H16F5N3S. The minimum atomic E-state index is -9.70. The van der Waals surface area contributed by atoms with Crippen LogP contribution in [-0.2, 0) is 0 Å². The van der Waals surface area contributed by atoms with Crippen LogP contribution in [0.5, 0.6) is 0 Å². The molecular weight excluding hydrogens is 385 g/mol. The highest BCUT2D eigenvalue weighted by Gasteiger charge is 2.65. The molecule has 0 bridgehead atoms. The maximum atomic E-state index is 13.0. The van der Waals surface area contributed by atoms with Crippen LogP contribution >= 0.6 is 10.2 Å². The Labute approximate surface area is 152 Å². The highest BCUT2D eigenvalue weighted by Crippen LogP contribution is 3.02. The van der Waals surface area contributed by atoms with E-state index in [4.69, 9.17) is 0 Å². The lowest BCUT2D eigenvalue weighted by Crippen LogP contribution is -2.10. The first kappa shape index (κ1) is 18.0. The van der Waals surface area contributed by atoms with Gasteiger partial charge in [0, 0.05) is 12.1 Å². The Kier molecular flexibility index (Phi) is 3.39. The molecule has 1 fully saturated rings. The van der Waals surface area contributed by atoms with Crippen molar-refractivity contribution in [2.75, 3.05) is 0 Å². The molecule has 1 aromatic carbocycles. The normalized spacial score (nSPS) is 18.0. The summed E-state index contributed by atoms with van der Waals surface area (Å²) in [6.45, 7) is 3.79. The molecule has 0 amide bonds. The SMILES string of the molecule is C=Cc1ccnc2c1c(C1CCC1)nn2-c1ccc(S(F)(F)(F)(F)F)cc1. The second-order valence-corrected chi connectivity index (χ2v) is 9.10. The Bertz CT molecular complexity index is 1050. The fraction of sp³-hybridized carbons (Fsp3) is 0.222. The van der Waals surface area contributed by atoms with Gasteiger partial charge in [-0.25, -0.2) is 9.67 Å². The van der Waals surface area contributed by atoms with E-state index in [1.54, 1.807) is 18.3 Å². The van der Waals surface area contributed by atoms with Crippen LogP contribution in [0.4, 0.5) is 19.4 Å². The number of aromatic nitrogens is 3. The highest BCUT2D eigenvalue weighted by molar-refractivity contribution is 8.45. The van der Waals surface area contributed by atoms with Crippen molar-refractivity contribution in [3.05, 3.63) is 54.4 Å². The van der Waals surface area contributed by atoms with Crippen molar-refractivity contribution in [1.82, 2.24) is 14.8 Å². The predicted octanol–water partition coefficient (Wildman–Crippen LogP) is 6.99. The molecule has 9 heteroatoms. The molecule has 3 nitrogen and oxygen atoms in total. The zero-order valence-corrected chi connectivity index (χ0v) is 14.9. The molecule has 1 aliphatic rings. The van der Waals surface area contributed by atoms with Gasteiger partial charge in [0.05, 0.1) is 16.8 Å². The van der Waals surface area contributed by atoms with Crippen LogP contribution < -0.4 is 0 Å². The van der Waals surface area contributed by atoms with Crippen LogP contribution in [0.25, 0.3) is 22.8 Å². The topological polar surface area (TPSA) is 30.7 Å². The summed E-state index contributed by atoms with van der Waals surface area (Å²) in [5.74, 6) is 0.251. The number of hydrogen-bond acceptors (Lipinski definition) is 2. The molecule has 4 rings (SSSR count). The van der Waals surface area contributed by atoms with Crippen LogP contribution in [-0.4, -0.2) is 14.8 Å². The first-order valence-electron chi connectivity index (χ1n) is 8.32. The van der Waals surface area contributed by atoms with Crippen molar-refractivity contribution in [2.45, 2.75) is 30.1 Å². The molecule has 0 spiro atoms. The van der Waals surface area contributed by atoms with Crippen LogP contribution in [0.15, 0.2) is 48.0 Å². The summed E-state index contributed by atoms with van der Waals surface area (Å²) >= 11 is 0. The molecule has 0 aliphatic heterocycles. The van der Waals surface area contributed by atoms with Crippen LogP contribution in [0.3, 0.4) is 0 Å². The summed E-state index contributed by atoms with van der Waals surface area (Å²) in [6.07, 6.45) is 6.27. The molecule has 0 unspecified atom stereocenters. The smallest absolute Gasteiger partial charge is 0.236 e. The Morgan fingerprint density at radius 2 is 1.70 bits per heavy atom. The zero-order valence-electron chi connectivity index (χ0n) is 14.1. The molecule has 1 aliphatic carbocycles. The minimum Gasteiger partial charge on any atom is -0.236 e. The van der Waals surface area contributed by atoms with Crippen molar-refractivity contribution >= 4 is 27.3 Å². The van der Waals surface area contributed by atoms with Crippen molar-refractivity contribution in [3.63, 3.8) is 0 Å². The zero-order chi connectivity index (χ0) is 19.5. The van der Waals surface area contributed by atoms with Gasteiger partial charge in [-0.05, 0) is 48.7 Å². The van der Waals surface area contributed by atoms with Gasteiger partial charge in [0.15, 0.2) is 5.65 Å². The first-order valence-corrected chi connectivity index (χ1v) is 10.3. The van der Waals surface area contributed by atoms with Crippen LogP contribution in [0.2, 0.25) is 0 Å². The Balaban J connectivity index is 1.89. The second kappa shape index (κ2) is 5.09. The summed E-state index contributed by atoms with van der Waals surface area (Å²) in [4.78, 5) is 2.39.